The number of ketones is 1. The lowest BCUT2D eigenvalue weighted by Gasteiger charge is -2.21. The van der Waals surface area contributed by atoms with E-state index in [4.69, 9.17) is 9.72 Å². The first-order chi connectivity index (χ1) is 15.3. The van der Waals surface area contributed by atoms with Gasteiger partial charge in [-0.2, -0.15) is 0 Å². The van der Waals surface area contributed by atoms with Crippen molar-refractivity contribution in [3.8, 4) is 11.7 Å². The number of aromatic amines is 1. The highest BCUT2D eigenvalue weighted by Gasteiger charge is 2.50. The van der Waals surface area contributed by atoms with Gasteiger partial charge in [0.05, 0.1) is 19.1 Å². The number of Topliss-reactive ketones (excluding diaryl/α,β-unsaturated/α-hetero) is 1. The van der Waals surface area contributed by atoms with Crippen molar-refractivity contribution in [2.75, 3.05) is 7.11 Å². The Bertz CT molecular complexity index is 1200. The number of fused-ring (bicyclic) bond motifs is 2. The molecular formula is C26H34ClN3O2S2. The van der Waals surface area contributed by atoms with Gasteiger partial charge < -0.3 is 17.1 Å². The maximum absolute atomic E-state index is 13.1. The molecule has 0 atom stereocenters. The van der Waals surface area contributed by atoms with Crippen molar-refractivity contribution in [1.82, 2.24) is 9.97 Å². The second kappa shape index (κ2) is 9.07. The minimum absolute atomic E-state index is 0. The number of carbonyl (C=O) groups is 1. The van der Waals surface area contributed by atoms with Crippen LogP contribution in [0.2, 0.25) is 0 Å². The molecule has 34 heavy (non-hydrogen) atoms. The van der Waals surface area contributed by atoms with Gasteiger partial charge in [0.1, 0.15) is 17.0 Å². The van der Waals surface area contributed by atoms with Crippen LogP contribution < -0.4 is 21.7 Å². The Hall–Kier alpha value is -1.70. The molecule has 8 heteroatoms. The van der Waals surface area contributed by atoms with E-state index in [0.29, 0.717) is 0 Å². The number of halogens is 1. The van der Waals surface area contributed by atoms with Gasteiger partial charge in [-0.15, -0.1) is 0 Å². The predicted octanol–water partition coefficient (Wildman–Crippen LogP) is 2.98. The number of methoxy groups -OCH3 is 1. The van der Waals surface area contributed by atoms with Gasteiger partial charge in [-0.3, -0.25) is 4.79 Å². The van der Waals surface area contributed by atoms with Crippen molar-refractivity contribution in [3.63, 3.8) is 0 Å². The molecule has 0 amide bonds. The molecule has 0 radical (unpaired) electrons. The Morgan fingerprint density at radius 1 is 1.12 bits per heavy atom. The summed E-state index contributed by atoms with van der Waals surface area (Å²) in [4.78, 5) is 21.5. The number of hydrogen-bond acceptors (Lipinski definition) is 5. The van der Waals surface area contributed by atoms with Crippen LogP contribution in [-0.2, 0) is 21.4 Å². The number of aromatic nitrogens is 3. The number of imidazole rings is 1. The second-order valence-electron chi connectivity index (χ2n) is 10.8. The van der Waals surface area contributed by atoms with Gasteiger partial charge in [-0.05, 0) is 57.9 Å². The van der Waals surface area contributed by atoms with Crippen LogP contribution in [-0.4, -0.2) is 27.6 Å². The summed E-state index contributed by atoms with van der Waals surface area (Å²) < 4.78 is 7.91. The molecule has 0 bridgehead atoms. The topological polar surface area (TPSA) is 58.9 Å². The van der Waals surface area contributed by atoms with Gasteiger partial charge in [0.15, 0.2) is 11.3 Å². The maximum atomic E-state index is 13.1. The third-order valence-corrected chi connectivity index (χ3v) is 9.73. The third kappa shape index (κ3) is 4.47. The highest BCUT2D eigenvalue weighted by atomic mass is 35.5. The molecular weight excluding hydrogens is 486 g/mol. The molecule has 1 aliphatic rings. The molecule has 2 aromatic heterocycles. The van der Waals surface area contributed by atoms with Gasteiger partial charge >= 0.3 is 5.95 Å². The summed E-state index contributed by atoms with van der Waals surface area (Å²) in [6.07, 6.45) is 2.02. The van der Waals surface area contributed by atoms with Crippen molar-refractivity contribution in [2.45, 2.75) is 76.7 Å². The molecule has 184 valence electrons. The van der Waals surface area contributed by atoms with Crippen LogP contribution >= 0.6 is 21.6 Å². The first kappa shape index (κ1) is 26.9. The summed E-state index contributed by atoms with van der Waals surface area (Å²) >= 11 is 0. The zero-order valence-corrected chi connectivity index (χ0v) is 23.8. The SMILES string of the molecule is COc1cc[n+](-c2nc3cc4c(cc3[nH]2)C(C)(C)C(=O)C4(C)C)c(CSSC(C)(C)C)c1C.[Cl-]. The van der Waals surface area contributed by atoms with E-state index < -0.39 is 10.8 Å². The van der Waals surface area contributed by atoms with E-state index in [1.165, 1.54) is 0 Å². The van der Waals surface area contributed by atoms with E-state index in [0.717, 1.165) is 50.9 Å². The summed E-state index contributed by atoms with van der Waals surface area (Å²) in [7, 11) is 5.42. The summed E-state index contributed by atoms with van der Waals surface area (Å²) in [5, 5.41) is 0. The fourth-order valence-electron chi connectivity index (χ4n) is 4.76. The van der Waals surface area contributed by atoms with Gasteiger partial charge in [0.25, 0.3) is 0 Å². The Morgan fingerprint density at radius 2 is 1.74 bits per heavy atom. The van der Waals surface area contributed by atoms with Gasteiger partial charge in [-0.25, -0.2) is 9.55 Å². The van der Waals surface area contributed by atoms with Crippen LogP contribution in [0.25, 0.3) is 17.0 Å². The third-order valence-electron chi connectivity index (χ3n) is 6.51. The van der Waals surface area contributed by atoms with Crippen LogP contribution in [0.1, 0.15) is 70.9 Å². The number of nitrogens with one attached hydrogen (secondary N) is 1. The molecule has 0 spiro atoms. The van der Waals surface area contributed by atoms with Crippen molar-refractivity contribution >= 4 is 38.4 Å². The van der Waals surface area contributed by atoms with Crippen LogP contribution in [0.3, 0.4) is 0 Å². The first-order valence-electron chi connectivity index (χ1n) is 11.3. The molecule has 0 unspecified atom stereocenters. The largest absolute Gasteiger partial charge is 1.00 e. The molecule has 0 fully saturated rings. The standard InChI is InChI=1S/C26H34N3O2S2.ClH/c1-15-20(14-32-33-24(2,3)4)29(11-10-21(15)31-9)23-27-18-12-16-17(13-19(18)28-23)26(7,8)22(30)25(16,5)6;/h10-13H,14H2,1-9H3,(H,27,28);1H/q+1;/p-1. The quantitative estimate of drug-likeness (QED) is 0.415. The number of pyridine rings is 1. The number of ether oxygens (including phenoxy) is 1. The highest BCUT2D eigenvalue weighted by Crippen LogP contribution is 2.47. The Morgan fingerprint density at radius 3 is 2.32 bits per heavy atom. The van der Waals surface area contributed by atoms with Gasteiger partial charge in [0.2, 0.25) is 0 Å². The number of rotatable bonds is 5. The lowest BCUT2D eigenvalue weighted by atomic mass is 9.80. The number of nitrogens with zero attached hydrogens (tertiary/aromatic N) is 2. The van der Waals surface area contributed by atoms with Crippen molar-refractivity contribution < 1.29 is 26.5 Å². The summed E-state index contributed by atoms with van der Waals surface area (Å²) in [6, 6.07) is 6.20. The van der Waals surface area contributed by atoms with E-state index >= 15 is 0 Å². The molecule has 0 saturated heterocycles. The lowest BCUT2D eigenvalue weighted by molar-refractivity contribution is -0.610. The lowest BCUT2D eigenvalue weighted by Crippen LogP contribution is -3.00. The Balaban J connectivity index is 0.00000324. The minimum atomic E-state index is -0.512. The van der Waals surface area contributed by atoms with Crippen LogP contribution in [0.5, 0.6) is 5.75 Å². The molecule has 5 nitrogen and oxygen atoms in total. The Labute approximate surface area is 216 Å². The fourth-order valence-corrected chi connectivity index (χ4v) is 7.21. The zero-order chi connectivity index (χ0) is 24.3. The van der Waals surface area contributed by atoms with Gasteiger partial charge in [-0.1, -0.05) is 47.3 Å². The number of H-pyrrole nitrogens is 1. The molecule has 0 aliphatic heterocycles. The number of carbonyl (C=O) groups excluding carboxylic acids is 1. The summed E-state index contributed by atoms with van der Waals surface area (Å²) in [6.45, 7) is 16.9. The van der Waals surface area contributed by atoms with E-state index in [1.807, 2.05) is 61.5 Å². The minimum Gasteiger partial charge on any atom is -1.00 e. The zero-order valence-electron chi connectivity index (χ0n) is 21.4. The monoisotopic (exact) mass is 519 g/mol. The number of hydrogen-bond donors (Lipinski definition) is 1. The van der Waals surface area contributed by atoms with E-state index in [-0.39, 0.29) is 22.9 Å². The molecule has 4 rings (SSSR count). The molecule has 2 heterocycles. The molecule has 3 aromatic rings. The average Bonchev–Trinajstić information content (AvgIpc) is 3.19. The fraction of sp³-hybridized carbons (Fsp3) is 0.500. The normalized spacial score (nSPS) is 16.4. The van der Waals surface area contributed by atoms with Crippen LogP contribution in [0, 0.1) is 6.92 Å². The van der Waals surface area contributed by atoms with E-state index in [2.05, 4.69) is 49.4 Å². The van der Waals surface area contributed by atoms with Crippen LogP contribution in [0.15, 0.2) is 24.4 Å². The molecule has 1 aromatic carbocycles. The van der Waals surface area contributed by atoms with E-state index in [9.17, 15) is 4.79 Å². The summed E-state index contributed by atoms with van der Waals surface area (Å²) in [5.41, 5.74) is 5.24. The smallest absolute Gasteiger partial charge is 0.402 e. The first-order valence-corrected chi connectivity index (χ1v) is 13.6. The van der Waals surface area contributed by atoms with Crippen LogP contribution in [0.4, 0.5) is 0 Å². The summed E-state index contributed by atoms with van der Waals surface area (Å²) in [5.74, 6) is 2.73. The van der Waals surface area contributed by atoms with Crippen molar-refractivity contribution in [1.29, 1.82) is 0 Å². The molecule has 1 aliphatic carbocycles. The Kier molecular flexibility index (Phi) is 7.17. The van der Waals surface area contributed by atoms with E-state index in [1.54, 1.807) is 7.11 Å². The highest BCUT2D eigenvalue weighted by molar-refractivity contribution is 8.76. The molecule has 1 N–H and O–H groups in total. The average molecular weight is 520 g/mol. The van der Waals surface area contributed by atoms with Gasteiger partial charge in [0, 0.05) is 27.2 Å². The molecule has 0 saturated carbocycles. The van der Waals surface area contributed by atoms with Crippen molar-refractivity contribution in [2.24, 2.45) is 0 Å². The maximum Gasteiger partial charge on any atom is 0.402 e. The van der Waals surface area contributed by atoms with Crippen molar-refractivity contribution in [3.05, 3.63) is 46.8 Å². The predicted molar refractivity (Wildman–Crippen MR) is 139 cm³/mol. The number of benzene rings is 1. The second-order valence-corrected chi connectivity index (χ2v) is 14.0.